The molecule has 54 heavy (non-hydrogen) atoms. The van der Waals surface area contributed by atoms with Gasteiger partial charge in [-0.25, -0.2) is 0 Å². The average molecular weight is 696 g/mol. The van der Waals surface area contributed by atoms with Crippen LogP contribution >= 0.6 is 0 Å². The Kier molecular flexibility index (Phi) is 8.53. The molecule has 0 aliphatic heterocycles. The van der Waals surface area contributed by atoms with E-state index in [9.17, 15) is 0 Å². The summed E-state index contributed by atoms with van der Waals surface area (Å²) in [6.45, 7) is 4.72. The van der Waals surface area contributed by atoms with Crippen molar-refractivity contribution in [3.05, 3.63) is 223 Å². The van der Waals surface area contributed by atoms with Gasteiger partial charge in [0.05, 0.1) is 5.69 Å². The molecule has 0 N–H and O–H groups in total. The zero-order valence-electron chi connectivity index (χ0n) is 30.5. The Balaban J connectivity index is 1.21. The van der Waals surface area contributed by atoms with Crippen molar-refractivity contribution in [1.82, 2.24) is 0 Å². The molecule has 0 radical (unpaired) electrons. The first-order chi connectivity index (χ1) is 26.6. The fraction of sp³-hybridized carbons (Fsp3) is 0.0588. The molecule has 1 aliphatic rings. The average Bonchev–Trinajstić information content (AvgIpc) is 3.47. The number of hydrogen-bond donors (Lipinski definition) is 0. The Morgan fingerprint density at radius 1 is 0.296 bits per heavy atom. The second-order valence-electron chi connectivity index (χ2n) is 14.3. The van der Waals surface area contributed by atoms with E-state index < -0.39 is 0 Å². The molecule has 0 aromatic heterocycles. The van der Waals surface area contributed by atoms with Crippen molar-refractivity contribution in [2.24, 2.45) is 0 Å². The highest BCUT2D eigenvalue weighted by Gasteiger charge is 2.38. The van der Waals surface area contributed by atoms with E-state index in [-0.39, 0.29) is 5.41 Å². The molecule has 8 aromatic carbocycles. The van der Waals surface area contributed by atoms with E-state index in [2.05, 4.69) is 241 Å². The monoisotopic (exact) mass is 695 g/mol. The van der Waals surface area contributed by atoms with Crippen molar-refractivity contribution >= 4 is 51.2 Å². The number of hydrogen-bond acceptors (Lipinski definition) is 3. The van der Waals surface area contributed by atoms with E-state index in [1.54, 1.807) is 0 Å². The van der Waals surface area contributed by atoms with Crippen LogP contribution < -0.4 is 14.7 Å². The van der Waals surface area contributed by atoms with Crippen molar-refractivity contribution in [1.29, 1.82) is 0 Å². The highest BCUT2D eigenvalue weighted by Crippen LogP contribution is 2.54. The molecule has 0 heterocycles. The third-order valence-corrected chi connectivity index (χ3v) is 10.5. The number of benzene rings is 8. The molecule has 3 heteroatoms. The highest BCUT2D eigenvalue weighted by molar-refractivity contribution is 5.92. The summed E-state index contributed by atoms with van der Waals surface area (Å²) in [5, 5.41) is 0. The highest BCUT2D eigenvalue weighted by atomic mass is 15.2. The molecule has 8 aromatic rings. The second kappa shape index (κ2) is 13.9. The first-order valence-electron chi connectivity index (χ1n) is 18.6. The summed E-state index contributed by atoms with van der Waals surface area (Å²) < 4.78 is 0. The molecule has 0 spiro atoms. The zero-order chi connectivity index (χ0) is 36.5. The van der Waals surface area contributed by atoms with E-state index >= 15 is 0 Å². The predicted molar refractivity (Wildman–Crippen MR) is 228 cm³/mol. The van der Waals surface area contributed by atoms with E-state index in [0.29, 0.717) is 0 Å². The normalized spacial score (nSPS) is 12.4. The number of para-hydroxylation sites is 4. The van der Waals surface area contributed by atoms with Crippen molar-refractivity contribution < 1.29 is 0 Å². The molecule has 0 saturated heterocycles. The molecule has 0 atom stereocenters. The minimum absolute atomic E-state index is 0.174. The van der Waals surface area contributed by atoms with Crippen molar-refractivity contribution in [3.63, 3.8) is 0 Å². The fourth-order valence-corrected chi connectivity index (χ4v) is 8.18. The number of nitrogens with zero attached hydrogens (tertiary/aromatic N) is 3. The van der Waals surface area contributed by atoms with Gasteiger partial charge in [-0.3, -0.25) is 0 Å². The van der Waals surface area contributed by atoms with Crippen LogP contribution in [0.2, 0.25) is 0 Å². The van der Waals surface area contributed by atoms with Crippen molar-refractivity contribution in [2.45, 2.75) is 19.3 Å². The van der Waals surface area contributed by atoms with Gasteiger partial charge >= 0.3 is 0 Å². The van der Waals surface area contributed by atoms with E-state index in [4.69, 9.17) is 0 Å². The van der Waals surface area contributed by atoms with Gasteiger partial charge < -0.3 is 14.7 Å². The molecular weight excluding hydrogens is 655 g/mol. The second-order valence-corrected chi connectivity index (χ2v) is 14.3. The summed E-state index contributed by atoms with van der Waals surface area (Å²) >= 11 is 0. The first-order valence-corrected chi connectivity index (χ1v) is 18.6. The van der Waals surface area contributed by atoms with Gasteiger partial charge in [-0.05, 0) is 113 Å². The van der Waals surface area contributed by atoms with Crippen molar-refractivity contribution in [2.75, 3.05) is 14.7 Å². The lowest BCUT2D eigenvalue weighted by Crippen LogP contribution is -2.21. The molecule has 9 rings (SSSR count). The van der Waals surface area contributed by atoms with Gasteiger partial charge in [0.1, 0.15) is 0 Å². The SMILES string of the molecule is CC1(C)c2ccccc2-c2cccc(N(c3ccccc3)c3cccc(N(c4ccccc4)c4cccc(N(c5ccccc5)c5ccccc5)c4)c3)c21. The topological polar surface area (TPSA) is 9.72 Å². The van der Waals surface area contributed by atoms with Gasteiger partial charge in [-0.2, -0.15) is 0 Å². The van der Waals surface area contributed by atoms with E-state index in [1.165, 1.54) is 27.9 Å². The lowest BCUT2D eigenvalue weighted by atomic mass is 9.81. The summed E-state index contributed by atoms with van der Waals surface area (Å²) in [5.74, 6) is 0. The standard InChI is InChI=1S/C51H41N3/c1-51(2)48-34-16-15-32-46(48)47-33-19-35-49(50(47)51)54(41-26-13-6-14-27-41)45-31-18-30-44(37-45)53(40-24-11-5-12-25-40)43-29-17-28-42(36-43)52(38-20-7-3-8-21-38)39-22-9-4-10-23-39/h3-37H,1-2H3. The van der Waals surface area contributed by atoms with Gasteiger partial charge in [0.15, 0.2) is 0 Å². The smallest absolute Gasteiger partial charge is 0.0508 e. The van der Waals surface area contributed by atoms with Gasteiger partial charge in [-0.15, -0.1) is 0 Å². The van der Waals surface area contributed by atoms with Crippen LogP contribution in [0.3, 0.4) is 0 Å². The largest absolute Gasteiger partial charge is 0.310 e. The molecule has 0 fully saturated rings. The van der Waals surface area contributed by atoms with Gasteiger partial charge in [0.25, 0.3) is 0 Å². The summed E-state index contributed by atoms with van der Waals surface area (Å²) in [5.41, 5.74) is 15.0. The first kappa shape index (κ1) is 33.0. The lowest BCUT2D eigenvalue weighted by Gasteiger charge is -2.33. The molecule has 1 aliphatic carbocycles. The molecule has 0 saturated carbocycles. The minimum Gasteiger partial charge on any atom is -0.310 e. The summed E-state index contributed by atoms with van der Waals surface area (Å²) in [7, 11) is 0. The quantitative estimate of drug-likeness (QED) is 0.149. The Bertz CT molecular complexity index is 2490. The Hall–Kier alpha value is -6.84. The van der Waals surface area contributed by atoms with Crippen LogP contribution in [0.15, 0.2) is 212 Å². The maximum absolute atomic E-state index is 2.43. The van der Waals surface area contributed by atoms with Gasteiger partial charge in [0.2, 0.25) is 0 Å². The van der Waals surface area contributed by atoms with Crippen LogP contribution in [-0.2, 0) is 5.41 Å². The van der Waals surface area contributed by atoms with Crippen LogP contribution in [0.5, 0.6) is 0 Å². The van der Waals surface area contributed by atoms with E-state index in [0.717, 1.165) is 45.5 Å². The van der Waals surface area contributed by atoms with Crippen LogP contribution in [0.4, 0.5) is 51.2 Å². The summed E-state index contributed by atoms with van der Waals surface area (Å²) in [4.78, 5) is 7.11. The Morgan fingerprint density at radius 3 is 1.11 bits per heavy atom. The third-order valence-electron chi connectivity index (χ3n) is 10.5. The lowest BCUT2D eigenvalue weighted by molar-refractivity contribution is 0.661. The van der Waals surface area contributed by atoms with Crippen LogP contribution in [0.1, 0.15) is 25.0 Å². The summed E-state index contributed by atoms with van der Waals surface area (Å²) in [6, 6.07) is 76.0. The number of anilines is 9. The summed E-state index contributed by atoms with van der Waals surface area (Å²) in [6.07, 6.45) is 0. The molecule has 0 amide bonds. The van der Waals surface area contributed by atoms with Crippen molar-refractivity contribution in [3.8, 4) is 11.1 Å². The number of fused-ring (bicyclic) bond motifs is 3. The molecule has 0 unspecified atom stereocenters. The minimum atomic E-state index is -0.174. The Labute approximate surface area is 318 Å². The third kappa shape index (κ3) is 5.90. The Morgan fingerprint density at radius 2 is 0.630 bits per heavy atom. The molecule has 0 bridgehead atoms. The predicted octanol–water partition coefficient (Wildman–Crippen LogP) is 14.4. The zero-order valence-corrected chi connectivity index (χ0v) is 30.5. The maximum atomic E-state index is 2.43. The van der Waals surface area contributed by atoms with Crippen LogP contribution in [-0.4, -0.2) is 0 Å². The fourth-order valence-electron chi connectivity index (χ4n) is 8.18. The van der Waals surface area contributed by atoms with Crippen LogP contribution in [0, 0.1) is 0 Å². The van der Waals surface area contributed by atoms with Crippen LogP contribution in [0.25, 0.3) is 11.1 Å². The van der Waals surface area contributed by atoms with Gasteiger partial charge in [0, 0.05) is 50.9 Å². The van der Waals surface area contributed by atoms with Gasteiger partial charge in [-0.1, -0.05) is 135 Å². The number of rotatable bonds is 9. The molecule has 3 nitrogen and oxygen atoms in total. The van der Waals surface area contributed by atoms with E-state index in [1.807, 2.05) is 0 Å². The molecular formula is C51H41N3. The maximum Gasteiger partial charge on any atom is 0.0508 e. The molecule has 260 valence electrons.